The number of carbonyl (C=O) groups is 3. The fraction of sp³-hybridized carbons (Fsp3) is 0.820. The number of carbonyl (C=O) groups excluding carboxylic acids is 3. The third-order valence-corrected chi connectivity index (χ3v) is 12.8. The second-order valence-electron chi connectivity index (χ2n) is 19.5. The van der Waals surface area contributed by atoms with E-state index in [4.69, 9.17) is 14.2 Å². The average molecular weight is 940 g/mol. The Balaban J connectivity index is 4.36. The van der Waals surface area contributed by atoms with Gasteiger partial charge >= 0.3 is 17.9 Å². The molecule has 0 aliphatic rings. The number of ether oxygens (including phenoxy) is 3. The van der Waals surface area contributed by atoms with Gasteiger partial charge in [0.2, 0.25) is 0 Å². The summed E-state index contributed by atoms with van der Waals surface area (Å²) in [6.45, 7) is 6.54. The Kier molecular flexibility index (Phi) is 53.8. The van der Waals surface area contributed by atoms with Gasteiger partial charge in [0.1, 0.15) is 13.2 Å². The molecule has 6 heteroatoms. The van der Waals surface area contributed by atoms with Gasteiger partial charge in [-0.2, -0.15) is 0 Å². The second-order valence-corrected chi connectivity index (χ2v) is 19.5. The number of unbranched alkanes of at least 4 members (excludes halogenated alkanes) is 34. The number of hydrogen-bond donors (Lipinski definition) is 0. The lowest BCUT2D eigenvalue weighted by molar-refractivity contribution is -0.167. The van der Waals surface area contributed by atoms with Gasteiger partial charge in [-0.25, -0.2) is 0 Å². The van der Waals surface area contributed by atoms with Crippen LogP contribution in [0.2, 0.25) is 0 Å². The molecule has 0 fully saturated rings. The fourth-order valence-corrected chi connectivity index (χ4v) is 8.49. The second kappa shape index (κ2) is 56.0. The van der Waals surface area contributed by atoms with E-state index in [9.17, 15) is 14.4 Å². The molecule has 0 N–H and O–H groups in total. The van der Waals surface area contributed by atoms with Crippen molar-refractivity contribution < 1.29 is 28.6 Å². The number of allylic oxidation sites excluding steroid dienone is 8. The van der Waals surface area contributed by atoms with Gasteiger partial charge in [-0.05, 0) is 57.8 Å². The van der Waals surface area contributed by atoms with Crippen molar-refractivity contribution in [3.8, 4) is 0 Å². The summed E-state index contributed by atoms with van der Waals surface area (Å²) in [5.74, 6) is -0.910. The molecular formula is C61H110O6. The summed E-state index contributed by atoms with van der Waals surface area (Å²) in [5, 5.41) is 0. The maximum absolute atomic E-state index is 12.8. The van der Waals surface area contributed by atoms with Crippen molar-refractivity contribution in [1.82, 2.24) is 0 Å². The lowest BCUT2D eigenvalue weighted by atomic mass is 10.0. The van der Waals surface area contributed by atoms with Gasteiger partial charge in [0.25, 0.3) is 0 Å². The minimum absolute atomic E-state index is 0.0854. The van der Waals surface area contributed by atoms with Crippen LogP contribution in [0.25, 0.3) is 0 Å². The van der Waals surface area contributed by atoms with Crippen LogP contribution in [0, 0.1) is 0 Å². The van der Waals surface area contributed by atoms with Crippen LogP contribution in [0.3, 0.4) is 0 Å². The van der Waals surface area contributed by atoms with Gasteiger partial charge in [-0.3, -0.25) is 14.4 Å². The quantitative estimate of drug-likeness (QED) is 0.0262. The van der Waals surface area contributed by atoms with Crippen LogP contribution in [0.15, 0.2) is 48.6 Å². The van der Waals surface area contributed by atoms with Crippen molar-refractivity contribution >= 4 is 17.9 Å². The van der Waals surface area contributed by atoms with Crippen LogP contribution in [0.4, 0.5) is 0 Å². The van der Waals surface area contributed by atoms with Crippen molar-refractivity contribution in [2.75, 3.05) is 13.2 Å². The molecule has 6 nitrogen and oxygen atoms in total. The standard InChI is InChI=1S/C61H110O6/c1-4-7-10-13-16-19-22-25-28-29-30-31-34-36-39-42-45-48-51-54-60(63)66-57-58(67-61(64)55-52-49-46-43-40-37-33-27-24-21-18-15-12-9-6-3)56-65-59(62)53-50-47-44-41-38-35-32-26-23-20-17-14-11-8-5-2/h9,12,18,21,27,33,40,43,58H,4-8,10-11,13-17,19-20,22-26,28-32,34-39,41-42,44-57H2,1-3H3/b12-9-,21-18-,33-27-,43-40-. The van der Waals surface area contributed by atoms with Gasteiger partial charge in [-0.1, -0.05) is 275 Å². The van der Waals surface area contributed by atoms with Crippen LogP contribution in [0.1, 0.15) is 303 Å². The van der Waals surface area contributed by atoms with E-state index in [-0.39, 0.29) is 37.5 Å². The first-order chi connectivity index (χ1) is 33.0. The zero-order valence-corrected chi connectivity index (χ0v) is 44.7. The van der Waals surface area contributed by atoms with Crippen molar-refractivity contribution in [2.45, 2.75) is 309 Å². The van der Waals surface area contributed by atoms with E-state index in [0.29, 0.717) is 19.3 Å². The van der Waals surface area contributed by atoms with Crippen molar-refractivity contribution in [3.63, 3.8) is 0 Å². The van der Waals surface area contributed by atoms with Crippen LogP contribution in [0.5, 0.6) is 0 Å². The summed E-state index contributed by atoms with van der Waals surface area (Å²) in [7, 11) is 0. The number of rotatable bonds is 53. The minimum Gasteiger partial charge on any atom is -0.462 e. The summed E-state index contributed by atoms with van der Waals surface area (Å²) < 4.78 is 16.8. The Labute approximate surface area is 416 Å². The highest BCUT2D eigenvalue weighted by Crippen LogP contribution is 2.17. The Bertz CT molecular complexity index is 1170. The molecule has 0 aliphatic heterocycles. The monoisotopic (exact) mass is 939 g/mol. The van der Waals surface area contributed by atoms with Gasteiger partial charge < -0.3 is 14.2 Å². The van der Waals surface area contributed by atoms with Gasteiger partial charge in [-0.15, -0.1) is 0 Å². The number of esters is 3. The maximum Gasteiger partial charge on any atom is 0.306 e. The van der Waals surface area contributed by atoms with Crippen molar-refractivity contribution in [3.05, 3.63) is 48.6 Å². The molecule has 0 aliphatic carbocycles. The number of hydrogen-bond acceptors (Lipinski definition) is 6. The summed E-state index contributed by atoms with van der Waals surface area (Å²) >= 11 is 0. The molecule has 0 spiro atoms. The molecule has 67 heavy (non-hydrogen) atoms. The molecule has 0 aromatic carbocycles. The van der Waals surface area contributed by atoms with Crippen LogP contribution < -0.4 is 0 Å². The van der Waals surface area contributed by atoms with Crippen LogP contribution in [-0.4, -0.2) is 37.2 Å². The summed E-state index contributed by atoms with van der Waals surface area (Å²) in [6.07, 6.45) is 68.2. The molecule has 0 radical (unpaired) electrons. The SMILES string of the molecule is CC/C=C\C/C=C\C/C=C\C/C=C\CCCCC(=O)OC(COC(=O)CCCCCCCCCCCCCCCCC)COC(=O)CCCCCCCCCCCCCCCCCCCCC. The Morgan fingerprint density at radius 2 is 0.582 bits per heavy atom. The predicted molar refractivity (Wildman–Crippen MR) is 289 cm³/mol. The first-order valence-corrected chi connectivity index (χ1v) is 29.1. The molecule has 0 amide bonds. The maximum atomic E-state index is 12.8. The zero-order chi connectivity index (χ0) is 48.6. The van der Waals surface area contributed by atoms with Gasteiger partial charge in [0, 0.05) is 19.3 Å². The van der Waals surface area contributed by atoms with Gasteiger partial charge in [0.15, 0.2) is 6.10 Å². The minimum atomic E-state index is -0.791. The topological polar surface area (TPSA) is 78.9 Å². The molecule has 0 rings (SSSR count). The largest absolute Gasteiger partial charge is 0.462 e. The Morgan fingerprint density at radius 1 is 0.313 bits per heavy atom. The molecule has 0 bridgehead atoms. The lowest BCUT2D eigenvalue weighted by Crippen LogP contribution is -2.30. The Hall–Kier alpha value is -2.63. The molecule has 0 heterocycles. The molecule has 390 valence electrons. The molecule has 0 aromatic rings. The average Bonchev–Trinajstić information content (AvgIpc) is 3.33. The third-order valence-electron chi connectivity index (χ3n) is 12.8. The lowest BCUT2D eigenvalue weighted by Gasteiger charge is -2.18. The summed E-state index contributed by atoms with van der Waals surface area (Å²) in [5.41, 5.74) is 0. The van der Waals surface area contributed by atoms with Crippen LogP contribution in [-0.2, 0) is 28.6 Å². The molecular weight excluding hydrogens is 829 g/mol. The van der Waals surface area contributed by atoms with Crippen LogP contribution >= 0.6 is 0 Å². The molecule has 0 saturated heterocycles. The fourth-order valence-electron chi connectivity index (χ4n) is 8.49. The van der Waals surface area contributed by atoms with E-state index in [1.54, 1.807) is 0 Å². The first-order valence-electron chi connectivity index (χ1n) is 29.1. The molecule has 1 unspecified atom stereocenters. The zero-order valence-electron chi connectivity index (χ0n) is 44.7. The van der Waals surface area contributed by atoms with E-state index in [0.717, 1.165) is 77.0 Å². The van der Waals surface area contributed by atoms with E-state index < -0.39 is 6.10 Å². The summed E-state index contributed by atoms with van der Waals surface area (Å²) in [4.78, 5) is 38.1. The highest BCUT2D eigenvalue weighted by atomic mass is 16.6. The van der Waals surface area contributed by atoms with E-state index in [1.807, 2.05) is 0 Å². The molecule has 1 atom stereocenters. The highest BCUT2D eigenvalue weighted by molar-refractivity contribution is 5.71. The van der Waals surface area contributed by atoms with E-state index >= 15 is 0 Å². The highest BCUT2D eigenvalue weighted by Gasteiger charge is 2.19. The normalized spacial score (nSPS) is 12.3. The molecule has 0 saturated carbocycles. The van der Waals surface area contributed by atoms with Crippen molar-refractivity contribution in [2.24, 2.45) is 0 Å². The smallest absolute Gasteiger partial charge is 0.306 e. The first kappa shape index (κ1) is 64.4. The molecule has 0 aromatic heterocycles. The Morgan fingerprint density at radius 3 is 0.910 bits per heavy atom. The van der Waals surface area contributed by atoms with E-state index in [2.05, 4.69) is 69.4 Å². The van der Waals surface area contributed by atoms with Crippen molar-refractivity contribution in [1.29, 1.82) is 0 Å². The van der Waals surface area contributed by atoms with E-state index in [1.165, 1.54) is 180 Å². The summed E-state index contributed by atoms with van der Waals surface area (Å²) in [6, 6.07) is 0. The predicted octanol–water partition coefficient (Wildman–Crippen LogP) is 19.4. The van der Waals surface area contributed by atoms with Gasteiger partial charge in [0.05, 0.1) is 0 Å². The third kappa shape index (κ3) is 54.2.